The van der Waals surface area contributed by atoms with Crippen LogP contribution in [0.25, 0.3) is 0 Å². The second-order valence-corrected chi connectivity index (χ2v) is 9.39. The first-order valence-electron chi connectivity index (χ1n) is 12.8. The Labute approximate surface area is 214 Å². The van der Waals surface area contributed by atoms with E-state index in [0.29, 0.717) is 37.5 Å². The minimum atomic E-state index is -0.486. The lowest BCUT2D eigenvalue weighted by atomic mass is 9.87. The highest BCUT2D eigenvalue weighted by atomic mass is 19.1. The van der Waals surface area contributed by atoms with E-state index in [1.165, 1.54) is 49.9 Å². The van der Waals surface area contributed by atoms with Crippen LogP contribution in [-0.4, -0.2) is 36.4 Å². The zero-order valence-corrected chi connectivity index (χ0v) is 20.7. The molecule has 3 heterocycles. The number of nitrogens with one attached hydrogen (secondary N) is 2. The molecular weight excluding hydrogens is 477 g/mol. The molecule has 11 heteroatoms. The fourth-order valence-electron chi connectivity index (χ4n) is 4.51. The number of aromatic nitrogens is 5. The number of unbranched alkanes of at least 4 members (excludes halogenated alkanes) is 1. The van der Waals surface area contributed by atoms with E-state index in [0.717, 1.165) is 19.3 Å². The number of amides is 2. The third-order valence-electron chi connectivity index (χ3n) is 6.54. The van der Waals surface area contributed by atoms with Gasteiger partial charge in [-0.3, -0.25) is 24.0 Å². The van der Waals surface area contributed by atoms with Gasteiger partial charge in [0.25, 0.3) is 11.5 Å². The van der Waals surface area contributed by atoms with Crippen molar-refractivity contribution in [1.82, 2.24) is 29.9 Å². The Morgan fingerprint density at radius 1 is 1.11 bits per heavy atom. The van der Waals surface area contributed by atoms with Gasteiger partial charge in [-0.1, -0.05) is 24.5 Å². The molecule has 4 rings (SSSR count). The summed E-state index contributed by atoms with van der Waals surface area (Å²) >= 11 is 0. The first kappa shape index (κ1) is 26.2. The minimum absolute atomic E-state index is 0.0335. The Morgan fingerprint density at radius 2 is 1.92 bits per heavy atom. The molecule has 10 nitrogen and oxygen atoms in total. The van der Waals surface area contributed by atoms with E-state index in [1.54, 1.807) is 21.5 Å². The average Bonchev–Trinajstić information content (AvgIpc) is 3.37. The molecule has 0 saturated heterocycles. The summed E-state index contributed by atoms with van der Waals surface area (Å²) in [5.74, 6) is -0.539. The number of halogens is 1. The number of rotatable bonds is 11. The molecule has 2 N–H and O–H groups in total. The largest absolute Gasteiger partial charge is 0.345 e. The van der Waals surface area contributed by atoms with Gasteiger partial charge in [0.1, 0.15) is 5.82 Å². The number of aryl methyl sites for hydroxylation is 2. The summed E-state index contributed by atoms with van der Waals surface area (Å²) in [6, 6.07) is 5.97. The van der Waals surface area contributed by atoms with E-state index in [9.17, 15) is 18.8 Å². The molecule has 0 aromatic carbocycles. The maximum absolute atomic E-state index is 13.6. The predicted octanol–water partition coefficient (Wildman–Crippen LogP) is 3.29. The van der Waals surface area contributed by atoms with Crippen molar-refractivity contribution in [1.29, 1.82) is 0 Å². The highest BCUT2D eigenvalue weighted by Crippen LogP contribution is 2.26. The first-order valence-corrected chi connectivity index (χ1v) is 12.8. The Bertz CT molecular complexity index is 1270. The van der Waals surface area contributed by atoms with E-state index >= 15 is 0 Å². The van der Waals surface area contributed by atoms with E-state index in [-0.39, 0.29) is 29.4 Å². The molecule has 3 aromatic heterocycles. The Kier molecular flexibility index (Phi) is 9.12. The van der Waals surface area contributed by atoms with Crippen LogP contribution >= 0.6 is 0 Å². The number of hydrogen-bond donors (Lipinski definition) is 2. The highest BCUT2D eigenvalue weighted by molar-refractivity contribution is 5.91. The van der Waals surface area contributed by atoms with Crippen LogP contribution in [-0.2, 0) is 24.4 Å². The van der Waals surface area contributed by atoms with Gasteiger partial charge in [-0.25, -0.2) is 4.39 Å². The number of hydrogen-bond acceptors (Lipinski definition) is 6. The van der Waals surface area contributed by atoms with Gasteiger partial charge in [0.2, 0.25) is 5.91 Å². The summed E-state index contributed by atoms with van der Waals surface area (Å²) in [5.41, 5.74) is 0.641. The molecule has 1 fully saturated rings. The minimum Gasteiger partial charge on any atom is -0.345 e. The SMILES string of the molecule is O=C(CC1CCCCC1)Nc1ccn(CCCCn2cc(C(=O)NCc3ncccc3F)nn2)c(=O)c1. The van der Waals surface area contributed by atoms with Crippen molar-refractivity contribution >= 4 is 17.5 Å². The zero-order valence-electron chi connectivity index (χ0n) is 20.7. The van der Waals surface area contributed by atoms with Crippen molar-refractivity contribution in [2.75, 3.05) is 5.32 Å². The maximum Gasteiger partial charge on any atom is 0.273 e. The van der Waals surface area contributed by atoms with Gasteiger partial charge in [0.15, 0.2) is 5.69 Å². The Balaban J connectivity index is 1.18. The zero-order chi connectivity index (χ0) is 26.0. The second-order valence-electron chi connectivity index (χ2n) is 9.39. The Hall–Kier alpha value is -3.89. The van der Waals surface area contributed by atoms with Crippen molar-refractivity contribution < 1.29 is 14.0 Å². The molecule has 0 bridgehead atoms. The van der Waals surface area contributed by atoms with Crippen LogP contribution in [0, 0.1) is 11.7 Å². The van der Waals surface area contributed by atoms with Crippen molar-refractivity contribution in [3.05, 3.63) is 70.4 Å². The van der Waals surface area contributed by atoms with Crippen LogP contribution in [0.4, 0.5) is 10.1 Å². The quantitative estimate of drug-likeness (QED) is 0.382. The summed E-state index contributed by atoms with van der Waals surface area (Å²) in [5, 5.41) is 13.3. The number of nitrogens with zero attached hydrogens (tertiary/aromatic N) is 5. The van der Waals surface area contributed by atoms with Crippen molar-refractivity contribution in [2.24, 2.45) is 5.92 Å². The molecule has 1 aliphatic carbocycles. The fourth-order valence-corrected chi connectivity index (χ4v) is 4.51. The lowest BCUT2D eigenvalue weighted by molar-refractivity contribution is -0.117. The second kappa shape index (κ2) is 12.9. The number of carbonyl (C=O) groups is 2. The normalized spacial score (nSPS) is 13.9. The van der Waals surface area contributed by atoms with Crippen LogP contribution in [0.2, 0.25) is 0 Å². The third-order valence-corrected chi connectivity index (χ3v) is 6.54. The molecule has 2 amide bonds. The summed E-state index contributed by atoms with van der Waals surface area (Å²) < 4.78 is 16.8. The van der Waals surface area contributed by atoms with Crippen LogP contribution < -0.4 is 16.2 Å². The molecule has 37 heavy (non-hydrogen) atoms. The number of carbonyl (C=O) groups excluding carboxylic acids is 2. The van der Waals surface area contributed by atoms with E-state index in [1.807, 2.05) is 0 Å². The Morgan fingerprint density at radius 3 is 2.70 bits per heavy atom. The maximum atomic E-state index is 13.6. The monoisotopic (exact) mass is 509 g/mol. The topological polar surface area (TPSA) is 124 Å². The van der Waals surface area contributed by atoms with Gasteiger partial charge in [-0.2, -0.15) is 0 Å². The van der Waals surface area contributed by atoms with Gasteiger partial charge in [-0.15, -0.1) is 5.10 Å². The molecule has 0 spiro atoms. The third kappa shape index (κ3) is 7.80. The molecule has 196 valence electrons. The fraction of sp³-hybridized carbons (Fsp3) is 0.462. The van der Waals surface area contributed by atoms with E-state index in [2.05, 4.69) is 25.9 Å². The molecular formula is C26H32FN7O3. The van der Waals surface area contributed by atoms with Crippen LogP contribution in [0.1, 0.15) is 67.5 Å². The molecule has 3 aromatic rings. The highest BCUT2D eigenvalue weighted by Gasteiger charge is 2.17. The lowest BCUT2D eigenvalue weighted by Crippen LogP contribution is -2.24. The predicted molar refractivity (Wildman–Crippen MR) is 135 cm³/mol. The molecule has 1 saturated carbocycles. The van der Waals surface area contributed by atoms with Crippen LogP contribution in [0.3, 0.4) is 0 Å². The smallest absolute Gasteiger partial charge is 0.273 e. The molecule has 1 aliphatic rings. The van der Waals surface area contributed by atoms with Crippen LogP contribution in [0.15, 0.2) is 47.7 Å². The summed E-state index contributed by atoms with van der Waals surface area (Å²) in [6.07, 6.45) is 12.5. The summed E-state index contributed by atoms with van der Waals surface area (Å²) in [4.78, 5) is 40.9. The van der Waals surface area contributed by atoms with Gasteiger partial charge in [0, 0.05) is 43.7 Å². The van der Waals surface area contributed by atoms with Crippen molar-refractivity contribution in [2.45, 2.75) is 71.0 Å². The number of pyridine rings is 2. The summed E-state index contributed by atoms with van der Waals surface area (Å²) in [6.45, 7) is 1.00. The summed E-state index contributed by atoms with van der Waals surface area (Å²) in [7, 11) is 0. The molecule has 0 atom stereocenters. The average molecular weight is 510 g/mol. The molecule has 0 radical (unpaired) electrons. The van der Waals surface area contributed by atoms with Gasteiger partial charge < -0.3 is 15.2 Å². The standard InChI is InChI=1S/C26H32FN7O3/c27-21-9-6-11-28-22(21)17-29-26(37)23-18-34(32-31-23)13-5-4-12-33-14-10-20(16-25(33)36)30-24(35)15-19-7-2-1-3-8-19/h6,9-11,14,16,18-19H,1-5,7-8,12-13,15,17H2,(H,29,37)(H,30,35). The van der Waals surface area contributed by atoms with Gasteiger partial charge in [-0.05, 0) is 49.8 Å². The lowest BCUT2D eigenvalue weighted by Gasteiger charge is -2.20. The van der Waals surface area contributed by atoms with Crippen LogP contribution in [0.5, 0.6) is 0 Å². The van der Waals surface area contributed by atoms with E-state index in [4.69, 9.17) is 0 Å². The molecule has 0 aliphatic heterocycles. The first-order chi connectivity index (χ1) is 18.0. The van der Waals surface area contributed by atoms with Crippen molar-refractivity contribution in [3.63, 3.8) is 0 Å². The molecule has 0 unspecified atom stereocenters. The van der Waals surface area contributed by atoms with Crippen molar-refractivity contribution in [3.8, 4) is 0 Å². The van der Waals surface area contributed by atoms with Gasteiger partial charge >= 0.3 is 0 Å². The van der Waals surface area contributed by atoms with Gasteiger partial charge in [0.05, 0.1) is 18.4 Å². The number of anilines is 1. The van der Waals surface area contributed by atoms with E-state index < -0.39 is 11.7 Å².